The van der Waals surface area contributed by atoms with E-state index in [1.165, 1.54) is 6.42 Å². The minimum atomic E-state index is -0.0347. The maximum atomic E-state index is 9.77. The molecule has 3 N–H and O–H groups in total. The van der Waals surface area contributed by atoms with E-state index in [0.717, 1.165) is 6.29 Å². The highest BCUT2D eigenvalue weighted by Gasteiger charge is 2.01. The van der Waals surface area contributed by atoms with Crippen molar-refractivity contribution in [1.29, 1.82) is 0 Å². The number of aliphatic hydroxyl groups excluding tert-OH is 1. The van der Waals surface area contributed by atoms with Crippen LogP contribution in [0.3, 0.4) is 0 Å². The molecule has 0 bridgehead atoms. The van der Waals surface area contributed by atoms with E-state index >= 15 is 0 Å². The molecule has 0 aliphatic carbocycles. The van der Waals surface area contributed by atoms with Crippen LogP contribution in [-0.4, -0.2) is 24.5 Å². The Morgan fingerprint density at radius 1 is 1.55 bits per heavy atom. The van der Waals surface area contributed by atoms with Crippen LogP contribution in [0.2, 0.25) is 0 Å². The molecule has 0 heterocycles. The number of carbonyl (C=O) groups is 1. The standard InChI is InChI=1S/C5H11NO2.C3H8/c6-3-5(4-8)1-2-7;1-3-2/h2,5,8H,1,3-4,6H2;3H2,1-2H3. The lowest BCUT2D eigenvalue weighted by Gasteiger charge is -2.03. The molecular weight excluding hydrogens is 142 g/mol. The Kier molecular flexibility index (Phi) is 14.7. The van der Waals surface area contributed by atoms with Crippen LogP contribution in [0.25, 0.3) is 0 Å². The van der Waals surface area contributed by atoms with Crippen LogP contribution in [0.5, 0.6) is 0 Å². The largest absolute Gasteiger partial charge is 0.396 e. The molecular formula is C8H19NO2. The van der Waals surface area contributed by atoms with Crippen molar-refractivity contribution in [2.75, 3.05) is 13.2 Å². The van der Waals surface area contributed by atoms with Gasteiger partial charge in [0.15, 0.2) is 0 Å². The Balaban J connectivity index is 0. The third-order valence-electron chi connectivity index (χ3n) is 1.02. The predicted molar refractivity (Wildman–Crippen MR) is 46.3 cm³/mol. The van der Waals surface area contributed by atoms with E-state index in [4.69, 9.17) is 10.8 Å². The van der Waals surface area contributed by atoms with Gasteiger partial charge in [-0.2, -0.15) is 0 Å². The summed E-state index contributed by atoms with van der Waals surface area (Å²) in [5.41, 5.74) is 5.15. The molecule has 0 radical (unpaired) electrons. The van der Waals surface area contributed by atoms with Gasteiger partial charge in [-0.05, 0) is 6.54 Å². The van der Waals surface area contributed by atoms with Crippen LogP contribution in [0.1, 0.15) is 26.7 Å². The molecule has 68 valence electrons. The maximum Gasteiger partial charge on any atom is 0.120 e. The summed E-state index contributed by atoms with van der Waals surface area (Å²) in [6.07, 6.45) is 2.39. The lowest BCUT2D eigenvalue weighted by Crippen LogP contribution is -2.18. The van der Waals surface area contributed by atoms with E-state index in [9.17, 15) is 4.79 Å². The summed E-state index contributed by atoms with van der Waals surface area (Å²) in [5.74, 6) is -0.0347. The number of hydrogen-bond acceptors (Lipinski definition) is 3. The van der Waals surface area contributed by atoms with E-state index in [1.807, 2.05) is 0 Å². The summed E-state index contributed by atoms with van der Waals surface area (Å²) in [5, 5.41) is 8.42. The molecule has 0 aliphatic rings. The molecule has 0 saturated carbocycles. The van der Waals surface area contributed by atoms with Crippen molar-refractivity contribution in [3.63, 3.8) is 0 Å². The van der Waals surface area contributed by atoms with Gasteiger partial charge in [0.05, 0.1) is 0 Å². The number of rotatable bonds is 4. The van der Waals surface area contributed by atoms with E-state index in [0.29, 0.717) is 13.0 Å². The lowest BCUT2D eigenvalue weighted by atomic mass is 10.1. The summed E-state index contributed by atoms with van der Waals surface area (Å²) < 4.78 is 0. The van der Waals surface area contributed by atoms with E-state index in [1.54, 1.807) is 0 Å². The van der Waals surface area contributed by atoms with Crippen molar-refractivity contribution in [2.24, 2.45) is 11.7 Å². The Morgan fingerprint density at radius 2 is 2.00 bits per heavy atom. The van der Waals surface area contributed by atoms with Gasteiger partial charge >= 0.3 is 0 Å². The van der Waals surface area contributed by atoms with Gasteiger partial charge in [-0.15, -0.1) is 0 Å². The number of aldehydes is 1. The van der Waals surface area contributed by atoms with Crippen LogP contribution in [0.15, 0.2) is 0 Å². The van der Waals surface area contributed by atoms with Crippen molar-refractivity contribution in [3.05, 3.63) is 0 Å². The van der Waals surface area contributed by atoms with Crippen LogP contribution in [-0.2, 0) is 4.79 Å². The van der Waals surface area contributed by atoms with E-state index < -0.39 is 0 Å². The second-order valence-corrected chi connectivity index (χ2v) is 2.39. The second-order valence-electron chi connectivity index (χ2n) is 2.39. The average Bonchev–Trinajstić information content (AvgIpc) is 2.02. The second kappa shape index (κ2) is 12.3. The fraction of sp³-hybridized carbons (Fsp3) is 0.875. The average molecular weight is 161 g/mol. The molecule has 3 nitrogen and oxygen atoms in total. The summed E-state index contributed by atoms with van der Waals surface area (Å²) in [6, 6.07) is 0. The zero-order valence-corrected chi connectivity index (χ0v) is 7.42. The highest BCUT2D eigenvalue weighted by Crippen LogP contribution is 1.93. The molecule has 11 heavy (non-hydrogen) atoms. The Bertz CT molecular complexity index is 72.5. The monoisotopic (exact) mass is 161 g/mol. The Hall–Kier alpha value is -0.410. The molecule has 0 aromatic carbocycles. The number of aliphatic hydroxyl groups is 1. The predicted octanol–water partition coefficient (Wildman–Crippen LogP) is 0.559. The first-order valence-corrected chi connectivity index (χ1v) is 4.01. The SMILES string of the molecule is CCC.NCC(CO)CC=O. The fourth-order valence-corrected chi connectivity index (χ4v) is 0.381. The van der Waals surface area contributed by atoms with Gasteiger partial charge in [0.1, 0.15) is 6.29 Å². The number of carbonyl (C=O) groups excluding carboxylic acids is 1. The van der Waals surface area contributed by atoms with Crippen molar-refractivity contribution in [2.45, 2.75) is 26.7 Å². The first kappa shape index (κ1) is 13.2. The van der Waals surface area contributed by atoms with Gasteiger partial charge in [-0.1, -0.05) is 20.3 Å². The van der Waals surface area contributed by atoms with Gasteiger partial charge in [0.2, 0.25) is 0 Å². The molecule has 1 unspecified atom stereocenters. The van der Waals surface area contributed by atoms with Crippen molar-refractivity contribution in [3.8, 4) is 0 Å². The maximum absolute atomic E-state index is 9.77. The molecule has 0 fully saturated rings. The van der Waals surface area contributed by atoms with Gasteiger partial charge in [-0.3, -0.25) is 0 Å². The molecule has 0 amide bonds. The highest BCUT2D eigenvalue weighted by molar-refractivity contribution is 5.49. The topological polar surface area (TPSA) is 63.3 Å². The van der Waals surface area contributed by atoms with Crippen LogP contribution in [0, 0.1) is 5.92 Å². The van der Waals surface area contributed by atoms with Crippen molar-refractivity contribution in [1.82, 2.24) is 0 Å². The first-order valence-electron chi connectivity index (χ1n) is 4.01. The molecule has 0 saturated heterocycles. The molecule has 0 aromatic rings. The number of nitrogens with two attached hydrogens (primary N) is 1. The molecule has 3 heteroatoms. The summed E-state index contributed by atoms with van der Waals surface area (Å²) in [6.45, 7) is 4.64. The fourth-order valence-electron chi connectivity index (χ4n) is 0.381. The third kappa shape index (κ3) is 12.7. The van der Waals surface area contributed by atoms with E-state index in [-0.39, 0.29) is 12.5 Å². The summed E-state index contributed by atoms with van der Waals surface area (Å²) >= 11 is 0. The van der Waals surface area contributed by atoms with Gasteiger partial charge < -0.3 is 15.6 Å². The lowest BCUT2D eigenvalue weighted by molar-refractivity contribution is -0.108. The van der Waals surface area contributed by atoms with Gasteiger partial charge in [0, 0.05) is 18.9 Å². The minimum absolute atomic E-state index is 0.00917. The minimum Gasteiger partial charge on any atom is -0.396 e. The van der Waals surface area contributed by atoms with Gasteiger partial charge in [0.25, 0.3) is 0 Å². The van der Waals surface area contributed by atoms with E-state index in [2.05, 4.69) is 13.8 Å². The molecule has 1 atom stereocenters. The van der Waals surface area contributed by atoms with Crippen LogP contribution in [0.4, 0.5) is 0 Å². The Labute approximate surface area is 68.6 Å². The smallest absolute Gasteiger partial charge is 0.120 e. The highest BCUT2D eigenvalue weighted by atomic mass is 16.3. The quantitative estimate of drug-likeness (QED) is 0.592. The zero-order chi connectivity index (χ0) is 9.11. The Morgan fingerprint density at radius 3 is 2.09 bits per heavy atom. The molecule has 0 rings (SSSR count). The molecule has 0 spiro atoms. The van der Waals surface area contributed by atoms with Crippen molar-refractivity contribution >= 4 is 6.29 Å². The van der Waals surface area contributed by atoms with Crippen LogP contribution >= 0.6 is 0 Å². The third-order valence-corrected chi connectivity index (χ3v) is 1.02. The van der Waals surface area contributed by atoms with Crippen molar-refractivity contribution < 1.29 is 9.90 Å². The van der Waals surface area contributed by atoms with Crippen LogP contribution < -0.4 is 5.73 Å². The first-order chi connectivity index (χ1) is 5.26. The zero-order valence-electron chi connectivity index (χ0n) is 7.42. The molecule has 0 aliphatic heterocycles. The van der Waals surface area contributed by atoms with Gasteiger partial charge in [-0.25, -0.2) is 0 Å². The normalized spacial score (nSPS) is 11.3. The molecule has 0 aromatic heterocycles. The number of hydrogen-bond donors (Lipinski definition) is 2. The summed E-state index contributed by atoms with van der Waals surface area (Å²) in [7, 11) is 0. The summed E-state index contributed by atoms with van der Waals surface area (Å²) in [4.78, 5) is 9.77.